The lowest BCUT2D eigenvalue weighted by molar-refractivity contribution is 0.431. The van der Waals surface area contributed by atoms with Gasteiger partial charge in [0.25, 0.3) is 11.8 Å². The van der Waals surface area contributed by atoms with Gasteiger partial charge >= 0.3 is 0 Å². The lowest BCUT2D eigenvalue weighted by atomic mass is 10.1. The van der Waals surface area contributed by atoms with Gasteiger partial charge in [0.1, 0.15) is 0 Å². The van der Waals surface area contributed by atoms with Crippen LogP contribution in [0.4, 0.5) is 0 Å². The zero-order chi connectivity index (χ0) is 20.5. The van der Waals surface area contributed by atoms with Gasteiger partial charge in [-0.2, -0.15) is 9.97 Å². The molecule has 0 saturated carbocycles. The molecule has 0 N–H and O–H groups in total. The van der Waals surface area contributed by atoms with Crippen LogP contribution in [0.2, 0.25) is 0 Å². The molecule has 0 spiro atoms. The molecule has 0 unspecified atom stereocenters. The van der Waals surface area contributed by atoms with Crippen LogP contribution in [0.5, 0.6) is 0 Å². The summed E-state index contributed by atoms with van der Waals surface area (Å²) in [6, 6.07) is 23.6. The van der Waals surface area contributed by atoms with Crippen LogP contribution >= 0.6 is 0 Å². The molecule has 2 heterocycles. The second kappa shape index (κ2) is 7.40. The summed E-state index contributed by atoms with van der Waals surface area (Å²) < 4.78 is 11.0. The Kier molecular flexibility index (Phi) is 4.44. The molecule has 6 heteroatoms. The van der Waals surface area contributed by atoms with Gasteiger partial charge in [0.05, 0.1) is 0 Å². The van der Waals surface area contributed by atoms with Crippen molar-refractivity contribution in [1.29, 1.82) is 0 Å². The van der Waals surface area contributed by atoms with E-state index in [9.17, 15) is 0 Å². The third-order valence-corrected chi connectivity index (χ3v) is 4.86. The van der Waals surface area contributed by atoms with Crippen molar-refractivity contribution < 1.29 is 9.05 Å². The van der Waals surface area contributed by atoms with Crippen molar-refractivity contribution in [3.05, 3.63) is 83.9 Å². The monoisotopic (exact) mass is 394 g/mol. The molecule has 5 rings (SSSR count). The van der Waals surface area contributed by atoms with Gasteiger partial charge in [-0.1, -0.05) is 70.0 Å². The molecule has 0 aliphatic rings. The van der Waals surface area contributed by atoms with Crippen LogP contribution in [-0.2, 0) is 0 Å². The van der Waals surface area contributed by atoms with E-state index in [2.05, 4.69) is 20.3 Å². The molecule has 0 fully saturated rings. The molecule has 2 aromatic heterocycles. The highest BCUT2D eigenvalue weighted by atomic mass is 16.5. The first-order valence-corrected chi connectivity index (χ1v) is 9.59. The van der Waals surface area contributed by atoms with Crippen molar-refractivity contribution in [2.45, 2.75) is 13.8 Å². The molecule has 6 nitrogen and oxygen atoms in total. The molecule has 146 valence electrons. The number of aromatic nitrogens is 4. The fourth-order valence-corrected chi connectivity index (χ4v) is 3.17. The number of aryl methyl sites for hydroxylation is 2. The quantitative estimate of drug-likeness (QED) is 0.387. The summed E-state index contributed by atoms with van der Waals surface area (Å²) in [6.07, 6.45) is 0. The standard InChI is InChI=1S/C24H18N4O2/c1-15-7-11-17(12-8-15)23-25-21(27-29-23)19-5-3-4-6-20(19)22-26-24(30-28-22)18-13-9-16(2)10-14-18/h3-14H,1-2H3. The maximum Gasteiger partial charge on any atom is 0.258 e. The first-order chi connectivity index (χ1) is 14.7. The lowest BCUT2D eigenvalue weighted by Crippen LogP contribution is -1.89. The van der Waals surface area contributed by atoms with Crippen LogP contribution in [0.1, 0.15) is 11.1 Å². The lowest BCUT2D eigenvalue weighted by Gasteiger charge is -2.01. The van der Waals surface area contributed by atoms with Crippen LogP contribution in [0.25, 0.3) is 45.7 Å². The summed E-state index contributed by atoms with van der Waals surface area (Å²) in [5, 5.41) is 8.35. The smallest absolute Gasteiger partial charge is 0.258 e. The minimum Gasteiger partial charge on any atom is -0.334 e. The van der Waals surface area contributed by atoms with E-state index < -0.39 is 0 Å². The minimum absolute atomic E-state index is 0.466. The normalized spacial score (nSPS) is 11.0. The number of hydrogen-bond acceptors (Lipinski definition) is 6. The van der Waals surface area contributed by atoms with Crippen LogP contribution in [-0.4, -0.2) is 20.3 Å². The molecular weight excluding hydrogens is 376 g/mol. The van der Waals surface area contributed by atoms with E-state index in [4.69, 9.17) is 9.05 Å². The predicted molar refractivity (Wildman–Crippen MR) is 113 cm³/mol. The van der Waals surface area contributed by atoms with Crippen LogP contribution < -0.4 is 0 Å². The Labute approximate surface area is 173 Å². The fourth-order valence-electron chi connectivity index (χ4n) is 3.17. The summed E-state index contributed by atoms with van der Waals surface area (Å²) in [4.78, 5) is 9.15. The Balaban J connectivity index is 1.51. The summed E-state index contributed by atoms with van der Waals surface area (Å²) in [7, 11) is 0. The zero-order valence-corrected chi connectivity index (χ0v) is 16.5. The van der Waals surface area contributed by atoms with E-state index in [1.165, 1.54) is 11.1 Å². The molecule has 0 atom stereocenters. The Hall–Kier alpha value is -4.06. The Morgan fingerprint density at radius 1 is 0.533 bits per heavy atom. The SMILES string of the molecule is Cc1ccc(-c2nc(-c3ccccc3-c3noc(-c4ccc(C)cc4)n3)no2)cc1. The van der Waals surface area contributed by atoms with E-state index in [-0.39, 0.29) is 0 Å². The molecular formula is C24H18N4O2. The van der Waals surface area contributed by atoms with Crippen LogP contribution in [0.15, 0.2) is 81.8 Å². The van der Waals surface area contributed by atoms with Crippen molar-refractivity contribution in [1.82, 2.24) is 20.3 Å². The molecule has 0 amide bonds. The van der Waals surface area contributed by atoms with Crippen molar-refractivity contribution in [2.24, 2.45) is 0 Å². The summed E-state index contributed by atoms with van der Waals surface area (Å²) in [6.45, 7) is 4.07. The molecule has 3 aromatic carbocycles. The van der Waals surface area contributed by atoms with Gasteiger partial charge in [0.15, 0.2) is 0 Å². The topological polar surface area (TPSA) is 77.8 Å². The largest absolute Gasteiger partial charge is 0.334 e. The zero-order valence-electron chi connectivity index (χ0n) is 16.5. The number of nitrogens with zero attached hydrogens (tertiary/aromatic N) is 4. The van der Waals surface area contributed by atoms with Gasteiger partial charge in [-0.3, -0.25) is 0 Å². The Morgan fingerprint density at radius 2 is 0.933 bits per heavy atom. The van der Waals surface area contributed by atoms with Gasteiger partial charge in [-0.25, -0.2) is 0 Å². The fraction of sp³-hybridized carbons (Fsp3) is 0.0833. The van der Waals surface area contributed by atoms with Gasteiger partial charge < -0.3 is 9.05 Å². The van der Waals surface area contributed by atoms with Crippen molar-refractivity contribution in [3.8, 4) is 45.7 Å². The van der Waals surface area contributed by atoms with E-state index in [0.717, 1.165) is 22.3 Å². The molecule has 0 bridgehead atoms. The maximum absolute atomic E-state index is 5.50. The number of hydrogen-bond donors (Lipinski definition) is 0. The highest BCUT2D eigenvalue weighted by Crippen LogP contribution is 2.31. The molecule has 0 saturated heterocycles. The average Bonchev–Trinajstić information content (AvgIpc) is 3.45. The van der Waals surface area contributed by atoms with Gasteiger partial charge in [0.2, 0.25) is 11.6 Å². The van der Waals surface area contributed by atoms with E-state index >= 15 is 0 Å². The Bertz CT molecular complexity index is 1200. The predicted octanol–water partition coefficient (Wildman–Crippen LogP) is 5.74. The van der Waals surface area contributed by atoms with Gasteiger partial charge in [0, 0.05) is 22.3 Å². The summed E-state index contributed by atoms with van der Waals surface area (Å²) >= 11 is 0. The Morgan fingerprint density at radius 3 is 1.33 bits per heavy atom. The number of rotatable bonds is 4. The first kappa shape index (κ1) is 18.0. The first-order valence-electron chi connectivity index (χ1n) is 9.59. The highest BCUT2D eigenvalue weighted by molar-refractivity contribution is 5.77. The summed E-state index contributed by atoms with van der Waals surface area (Å²) in [5.41, 5.74) is 5.64. The third kappa shape index (κ3) is 3.39. The minimum atomic E-state index is 0.466. The van der Waals surface area contributed by atoms with Crippen LogP contribution in [0.3, 0.4) is 0 Å². The van der Waals surface area contributed by atoms with E-state index in [0.29, 0.717) is 23.4 Å². The third-order valence-electron chi connectivity index (χ3n) is 4.86. The maximum atomic E-state index is 5.50. The van der Waals surface area contributed by atoms with Gasteiger partial charge in [-0.15, -0.1) is 0 Å². The molecule has 5 aromatic rings. The molecule has 0 aliphatic heterocycles. The second-order valence-electron chi connectivity index (χ2n) is 7.12. The average molecular weight is 394 g/mol. The van der Waals surface area contributed by atoms with Gasteiger partial charge in [-0.05, 0) is 38.1 Å². The molecule has 0 radical (unpaired) electrons. The van der Waals surface area contributed by atoms with Crippen molar-refractivity contribution in [3.63, 3.8) is 0 Å². The van der Waals surface area contributed by atoms with Crippen molar-refractivity contribution in [2.75, 3.05) is 0 Å². The molecule has 30 heavy (non-hydrogen) atoms. The van der Waals surface area contributed by atoms with Crippen LogP contribution in [0, 0.1) is 13.8 Å². The number of benzene rings is 3. The second-order valence-corrected chi connectivity index (χ2v) is 7.12. The molecule has 0 aliphatic carbocycles. The van der Waals surface area contributed by atoms with Crippen molar-refractivity contribution >= 4 is 0 Å². The van der Waals surface area contributed by atoms with E-state index in [1.807, 2.05) is 86.6 Å². The van der Waals surface area contributed by atoms with E-state index in [1.54, 1.807) is 0 Å². The summed E-state index contributed by atoms with van der Waals surface area (Å²) in [5.74, 6) is 1.88. The highest BCUT2D eigenvalue weighted by Gasteiger charge is 2.18.